The van der Waals surface area contributed by atoms with Crippen molar-refractivity contribution in [2.45, 2.75) is 18.1 Å². The maximum Gasteiger partial charge on any atom is 0.234 e. The Morgan fingerprint density at radius 2 is 1.48 bits per heavy atom. The van der Waals surface area contributed by atoms with E-state index in [1.54, 1.807) is 73.4 Å². The zero-order valence-corrected chi connectivity index (χ0v) is 19.2. The summed E-state index contributed by atoms with van der Waals surface area (Å²) in [6, 6.07) is 14.1. The zero-order chi connectivity index (χ0) is 23.6. The number of allylic oxidation sites excluding steroid dienone is 1. The summed E-state index contributed by atoms with van der Waals surface area (Å²) in [5.41, 5.74) is 1.32. The molecule has 0 fully saturated rings. The molecule has 33 heavy (non-hydrogen) atoms. The van der Waals surface area contributed by atoms with E-state index in [2.05, 4.69) is 27.4 Å². The minimum atomic E-state index is -0.230. The Morgan fingerprint density at radius 1 is 0.939 bits per heavy atom. The van der Waals surface area contributed by atoms with Crippen LogP contribution in [0.5, 0.6) is 11.5 Å². The number of carbonyl (C=O) groups is 2. The van der Waals surface area contributed by atoms with Crippen molar-refractivity contribution < 1.29 is 19.1 Å². The monoisotopic (exact) mass is 467 g/mol. The molecular formula is C23H25N5O4S. The van der Waals surface area contributed by atoms with Gasteiger partial charge >= 0.3 is 0 Å². The van der Waals surface area contributed by atoms with Crippen LogP contribution in [-0.2, 0) is 22.6 Å². The first-order valence-corrected chi connectivity index (χ1v) is 11.0. The number of ether oxygens (including phenoxy) is 2. The maximum atomic E-state index is 12.5. The van der Waals surface area contributed by atoms with E-state index in [0.29, 0.717) is 40.4 Å². The first kappa shape index (κ1) is 23.9. The van der Waals surface area contributed by atoms with Gasteiger partial charge in [0.15, 0.2) is 5.16 Å². The summed E-state index contributed by atoms with van der Waals surface area (Å²) >= 11 is 1.24. The Hall–Kier alpha value is -3.79. The highest BCUT2D eigenvalue weighted by Crippen LogP contribution is 2.20. The van der Waals surface area contributed by atoms with Crippen molar-refractivity contribution in [3.63, 3.8) is 0 Å². The molecule has 3 rings (SSSR count). The van der Waals surface area contributed by atoms with Crippen LogP contribution < -0.4 is 20.1 Å². The average molecular weight is 468 g/mol. The number of anilines is 2. The van der Waals surface area contributed by atoms with Crippen molar-refractivity contribution in [1.82, 2.24) is 14.8 Å². The summed E-state index contributed by atoms with van der Waals surface area (Å²) in [5.74, 6) is 1.63. The lowest BCUT2D eigenvalue weighted by molar-refractivity contribution is -0.116. The summed E-state index contributed by atoms with van der Waals surface area (Å²) in [6.07, 6.45) is 1.72. The zero-order valence-electron chi connectivity index (χ0n) is 18.4. The molecule has 0 radical (unpaired) electrons. The molecule has 0 bridgehead atoms. The Balaban J connectivity index is 1.58. The van der Waals surface area contributed by atoms with Crippen LogP contribution in [-0.4, -0.2) is 46.6 Å². The van der Waals surface area contributed by atoms with Crippen LogP contribution in [0, 0.1) is 0 Å². The number of amides is 2. The van der Waals surface area contributed by atoms with Gasteiger partial charge in [0.25, 0.3) is 0 Å². The molecule has 0 saturated heterocycles. The van der Waals surface area contributed by atoms with E-state index >= 15 is 0 Å². The summed E-state index contributed by atoms with van der Waals surface area (Å²) in [5, 5.41) is 14.5. The normalized spacial score (nSPS) is 10.4. The molecule has 9 nitrogen and oxygen atoms in total. The summed E-state index contributed by atoms with van der Waals surface area (Å²) in [6.45, 7) is 4.18. The molecule has 10 heteroatoms. The number of thioether (sulfide) groups is 1. The molecule has 2 aromatic carbocycles. The topological polar surface area (TPSA) is 107 Å². The van der Waals surface area contributed by atoms with Crippen molar-refractivity contribution in [3.8, 4) is 11.5 Å². The SMILES string of the molecule is C=CCn1c(CC(=O)Nc2ccc(OC)cc2)nnc1SCC(=O)Nc1ccc(OC)cc1. The lowest BCUT2D eigenvalue weighted by Crippen LogP contribution is -2.18. The number of benzene rings is 2. The van der Waals surface area contributed by atoms with E-state index in [-0.39, 0.29) is 24.0 Å². The second kappa shape index (κ2) is 11.7. The summed E-state index contributed by atoms with van der Waals surface area (Å²) in [7, 11) is 3.17. The van der Waals surface area contributed by atoms with Gasteiger partial charge in [0.2, 0.25) is 11.8 Å². The Morgan fingerprint density at radius 3 is 2.00 bits per heavy atom. The van der Waals surface area contributed by atoms with Crippen molar-refractivity contribution in [2.75, 3.05) is 30.6 Å². The lowest BCUT2D eigenvalue weighted by Gasteiger charge is -2.09. The van der Waals surface area contributed by atoms with E-state index in [4.69, 9.17) is 9.47 Å². The number of nitrogens with one attached hydrogen (secondary N) is 2. The summed E-state index contributed by atoms with van der Waals surface area (Å²) in [4.78, 5) is 24.8. The van der Waals surface area contributed by atoms with Crippen LogP contribution in [0.25, 0.3) is 0 Å². The van der Waals surface area contributed by atoms with Gasteiger partial charge in [0, 0.05) is 17.9 Å². The highest BCUT2D eigenvalue weighted by atomic mass is 32.2. The minimum absolute atomic E-state index is 0.0332. The average Bonchev–Trinajstić information content (AvgIpc) is 3.20. The molecule has 2 N–H and O–H groups in total. The van der Waals surface area contributed by atoms with Crippen LogP contribution in [0.15, 0.2) is 66.3 Å². The van der Waals surface area contributed by atoms with Gasteiger partial charge in [-0.2, -0.15) is 0 Å². The van der Waals surface area contributed by atoms with Crippen LogP contribution in [0.4, 0.5) is 11.4 Å². The first-order valence-electron chi connectivity index (χ1n) is 10.1. The lowest BCUT2D eigenvalue weighted by atomic mass is 10.3. The highest BCUT2D eigenvalue weighted by Gasteiger charge is 2.16. The van der Waals surface area contributed by atoms with Crippen LogP contribution in [0.2, 0.25) is 0 Å². The molecule has 0 aliphatic carbocycles. The van der Waals surface area contributed by atoms with E-state index < -0.39 is 0 Å². The molecule has 0 aliphatic heterocycles. The molecular weight excluding hydrogens is 442 g/mol. The van der Waals surface area contributed by atoms with Gasteiger partial charge in [-0.15, -0.1) is 16.8 Å². The quantitative estimate of drug-likeness (QED) is 0.329. The largest absolute Gasteiger partial charge is 0.497 e. The molecule has 0 atom stereocenters. The highest BCUT2D eigenvalue weighted by molar-refractivity contribution is 7.99. The standard InChI is InChI=1S/C23H25N5O4S/c1-4-13-28-20(14-21(29)24-16-5-9-18(31-2)10-6-16)26-27-23(28)33-15-22(30)25-17-7-11-19(32-3)12-8-17/h4-12H,1,13-15H2,2-3H3,(H,24,29)(H,25,30). The molecule has 1 heterocycles. The third-order valence-electron chi connectivity index (χ3n) is 4.50. The summed E-state index contributed by atoms with van der Waals surface area (Å²) < 4.78 is 12.0. The third-order valence-corrected chi connectivity index (χ3v) is 5.47. The smallest absolute Gasteiger partial charge is 0.234 e. The molecule has 0 unspecified atom stereocenters. The van der Waals surface area contributed by atoms with Gasteiger partial charge in [-0.05, 0) is 48.5 Å². The predicted molar refractivity (Wildman–Crippen MR) is 128 cm³/mol. The van der Waals surface area contributed by atoms with Gasteiger partial charge in [-0.1, -0.05) is 17.8 Å². The molecule has 172 valence electrons. The number of carbonyl (C=O) groups excluding carboxylic acids is 2. The van der Waals surface area contributed by atoms with Crippen molar-refractivity contribution in [3.05, 3.63) is 67.0 Å². The molecule has 0 spiro atoms. The van der Waals surface area contributed by atoms with Gasteiger partial charge in [0.05, 0.1) is 26.4 Å². The van der Waals surface area contributed by atoms with E-state index in [1.165, 1.54) is 11.8 Å². The molecule has 1 aromatic heterocycles. The molecule has 0 saturated carbocycles. The number of rotatable bonds is 11. The molecule has 3 aromatic rings. The second-order valence-electron chi connectivity index (χ2n) is 6.82. The Bertz CT molecular complexity index is 1100. The van der Waals surface area contributed by atoms with Crippen LogP contribution in [0.1, 0.15) is 5.82 Å². The first-order chi connectivity index (χ1) is 16.0. The molecule has 0 aliphatic rings. The third kappa shape index (κ3) is 6.84. The van der Waals surface area contributed by atoms with Gasteiger partial charge in [-0.25, -0.2) is 0 Å². The predicted octanol–water partition coefficient (Wildman–Crippen LogP) is 3.39. The van der Waals surface area contributed by atoms with E-state index in [9.17, 15) is 9.59 Å². The Kier molecular flexibility index (Phi) is 8.48. The molecule has 2 amide bonds. The fraction of sp³-hybridized carbons (Fsp3) is 0.217. The number of hydrogen-bond acceptors (Lipinski definition) is 7. The van der Waals surface area contributed by atoms with E-state index in [1.807, 2.05) is 0 Å². The van der Waals surface area contributed by atoms with Crippen molar-refractivity contribution in [2.24, 2.45) is 0 Å². The second-order valence-corrected chi connectivity index (χ2v) is 7.76. The van der Waals surface area contributed by atoms with Crippen molar-refractivity contribution >= 4 is 35.0 Å². The van der Waals surface area contributed by atoms with Crippen LogP contribution in [0.3, 0.4) is 0 Å². The van der Waals surface area contributed by atoms with Gasteiger partial charge in [0.1, 0.15) is 17.3 Å². The van der Waals surface area contributed by atoms with E-state index in [0.717, 1.165) is 0 Å². The van der Waals surface area contributed by atoms with Gasteiger partial charge in [-0.3, -0.25) is 9.59 Å². The van der Waals surface area contributed by atoms with Gasteiger partial charge < -0.3 is 24.7 Å². The fourth-order valence-corrected chi connectivity index (χ4v) is 3.66. The minimum Gasteiger partial charge on any atom is -0.497 e. The number of nitrogens with zero attached hydrogens (tertiary/aromatic N) is 3. The number of hydrogen-bond donors (Lipinski definition) is 2. The number of aromatic nitrogens is 3. The van der Waals surface area contributed by atoms with Crippen molar-refractivity contribution in [1.29, 1.82) is 0 Å². The Labute approximate surface area is 196 Å². The van der Waals surface area contributed by atoms with Crippen LogP contribution >= 0.6 is 11.8 Å². The fourth-order valence-electron chi connectivity index (χ4n) is 2.89. The maximum absolute atomic E-state index is 12.5. The number of methoxy groups -OCH3 is 2.